The molecule has 6 nitrogen and oxygen atoms in total. The van der Waals surface area contributed by atoms with Gasteiger partial charge in [-0.25, -0.2) is 4.79 Å². The second-order valence-corrected chi connectivity index (χ2v) is 7.71. The first-order valence-electron chi connectivity index (χ1n) is 9.98. The molecule has 0 aliphatic carbocycles. The molecule has 1 aliphatic heterocycles. The molecule has 1 heterocycles. The molecular weight excluding hydrogens is 425 g/mol. The average molecular weight is 450 g/mol. The summed E-state index contributed by atoms with van der Waals surface area (Å²) >= 11 is 12.3. The van der Waals surface area contributed by atoms with Crippen LogP contribution < -0.4 is 10.2 Å². The number of nitrogens with zero attached hydrogens (tertiary/aromatic N) is 2. The summed E-state index contributed by atoms with van der Waals surface area (Å²) in [7, 11) is 0. The standard InChI is InChI=1S/C22H25Cl2N3O3/c1-3-26-10-12-27(13-11-26)19-9-8-15(22(29)30-4-2)14-18(19)25-21(28)16-6-5-7-17(23)20(16)24/h5-9,14H,3-4,10-13H2,1-2H3,(H,25,28). The van der Waals surface area contributed by atoms with Crippen LogP contribution >= 0.6 is 23.2 Å². The molecule has 3 rings (SSSR count). The van der Waals surface area contributed by atoms with Crippen molar-refractivity contribution in [3.63, 3.8) is 0 Å². The number of amides is 1. The lowest BCUT2D eigenvalue weighted by molar-refractivity contribution is 0.0526. The molecule has 0 saturated carbocycles. The maximum Gasteiger partial charge on any atom is 0.338 e. The lowest BCUT2D eigenvalue weighted by atomic mass is 10.1. The third kappa shape index (κ3) is 5.06. The van der Waals surface area contributed by atoms with Crippen molar-refractivity contribution in [3.8, 4) is 0 Å². The molecule has 8 heteroatoms. The molecule has 0 radical (unpaired) electrons. The smallest absolute Gasteiger partial charge is 0.338 e. The minimum atomic E-state index is -0.434. The van der Waals surface area contributed by atoms with Gasteiger partial charge in [0.15, 0.2) is 0 Å². The number of esters is 1. The summed E-state index contributed by atoms with van der Waals surface area (Å²) in [4.78, 5) is 29.7. The first kappa shape index (κ1) is 22.4. The topological polar surface area (TPSA) is 61.9 Å². The van der Waals surface area contributed by atoms with Crippen LogP contribution in [0.15, 0.2) is 36.4 Å². The Morgan fingerprint density at radius 1 is 1.07 bits per heavy atom. The van der Waals surface area contributed by atoms with E-state index in [9.17, 15) is 9.59 Å². The Labute approximate surface area is 186 Å². The SMILES string of the molecule is CCOC(=O)c1ccc(N2CCN(CC)CC2)c(NC(=O)c2cccc(Cl)c2Cl)c1. The van der Waals surface area contributed by atoms with Crippen LogP contribution in [0.25, 0.3) is 0 Å². The number of hydrogen-bond acceptors (Lipinski definition) is 5. The summed E-state index contributed by atoms with van der Waals surface area (Å²) in [6, 6.07) is 10.1. The van der Waals surface area contributed by atoms with Gasteiger partial charge in [-0.1, -0.05) is 36.2 Å². The fourth-order valence-electron chi connectivity index (χ4n) is 3.43. The molecule has 1 amide bonds. The molecule has 0 bridgehead atoms. The zero-order valence-corrected chi connectivity index (χ0v) is 18.6. The second-order valence-electron chi connectivity index (χ2n) is 6.93. The van der Waals surface area contributed by atoms with Gasteiger partial charge in [-0.3, -0.25) is 4.79 Å². The molecule has 0 spiro atoms. The Balaban J connectivity index is 1.92. The highest BCUT2D eigenvalue weighted by atomic mass is 35.5. The zero-order valence-electron chi connectivity index (χ0n) is 17.1. The Hall–Kier alpha value is -2.28. The number of ether oxygens (including phenoxy) is 1. The van der Waals surface area contributed by atoms with Crippen molar-refractivity contribution in [2.75, 3.05) is 49.5 Å². The lowest BCUT2D eigenvalue weighted by Gasteiger charge is -2.36. The largest absolute Gasteiger partial charge is 0.462 e. The van der Waals surface area contributed by atoms with E-state index in [1.54, 1.807) is 37.3 Å². The molecule has 2 aromatic carbocycles. The molecule has 1 fully saturated rings. The highest BCUT2D eigenvalue weighted by molar-refractivity contribution is 6.44. The molecule has 30 heavy (non-hydrogen) atoms. The van der Waals surface area contributed by atoms with E-state index in [4.69, 9.17) is 27.9 Å². The number of likely N-dealkylation sites (N-methyl/N-ethyl adjacent to an activating group) is 1. The fourth-order valence-corrected chi connectivity index (χ4v) is 3.81. The number of carbonyl (C=O) groups is 2. The van der Waals surface area contributed by atoms with Gasteiger partial charge in [0, 0.05) is 26.2 Å². The van der Waals surface area contributed by atoms with Gasteiger partial charge in [0.05, 0.1) is 39.2 Å². The van der Waals surface area contributed by atoms with Crippen LogP contribution in [-0.2, 0) is 4.74 Å². The minimum absolute atomic E-state index is 0.191. The van der Waals surface area contributed by atoms with Crippen molar-refractivity contribution >= 4 is 46.5 Å². The van der Waals surface area contributed by atoms with Crippen molar-refractivity contribution in [3.05, 3.63) is 57.6 Å². The number of hydrogen-bond donors (Lipinski definition) is 1. The lowest BCUT2D eigenvalue weighted by Crippen LogP contribution is -2.46. The predicted molar refractivity (Wildman–Crippen MR) is 121 cm³/mol. The van der Waals surface area contributed by atoms with Gasteiger partial charge in [-0.15, -0.1) is 0 Å². The Morgan fingerprint density at radius 2 is 1.80 bits per heavy atom. The highest BCUT2D eigenvalue weighted by Crippen LogP contribution is 2.31. The average Bonchev–Trinajstić information content (AvgIpc) is 2.76. The second kappa shape index (κ2) is 10.2. The zero-order chi connectivity index (χ0) is 21.7. The quantitative estimate of drug-likeness (QED) is 0.654. The molecule has 160 valence electrons. The number of halogens is 2. The third-order valence-electron chi connectivity index (χ3n) is 5.11. The molecule has 0 atom stereocenters. The van der Waals surface area contributed by atoms with Crippen molar-refractivity contribution < 1.29 is 14.3 Å². The van der Waals surface area contributed by atoms with E-state index in [0.29, 0.717) is 16.3 Å². The number of piperazine rings is 1. The van der Waals surface area contributed by atoms with Gasteiger partial charge in [0.25, 0.3) is 5.91 Å². The van der Waals surface area contributed by atoms with Crippen LogP contribution in [-0.4, -0.2) is 56.1 Å². The number of carbonyl (C=O) groups excluding carboxylic acids is 2. The molecule has 0 aromatic heterocycles. The van der Waals surface area contributed by atoms with E-state index < -0.39 is 11.9 Å². The van der Waals surface area contributed by atoms with Crippen molar-refractivity contribution in [1.29, 1.82) is 0 Å². The van der Waals surface area contributed by atoms with Gasteiger partial charge in [0.2, 0.25) is 0 Å². The fraction of sp³-hybridized carbons (Fsp3) is 0.364. The number of rotatable bonds is 6. The van der Waals surface area contributed by atoms with Gasteiger partial charge < -0.3 is 19.9 Å². The first-order chi connectivity index (χ1) is 14.4. The van der Waals surface area contributed by atoms with Gasteiger partial charge >= 0.3 is 5.97 Å². The molecule has 1 N–H and O–H groups in total. The van der Waals surface area contributed by atoms with Crippen molar-refractivity contribution in [2.24, 2.45) is 0 Å². The van der Waals surface area contributed by atoms with Crippen LogP contribution in [0.3, 0.4) is 0 Å². The molecule has 1 saturated heterocycles. The van der Waals surface area contributed by atoms with E-state index >= 15 is 0 Å². The van der Waals surface area contributed by atoms with Gasteiger partial charge in [0.1, 0.15) is 0 Å². The normalized spacial score (nSPS) is 14.5. The summed E-state index contributed by atoms with van der Waals surface area (Å²) in [6.45, 7) is 8.70. The van der Waals surface area contributed by atoms with E-state index in [1.165, 1.54) is 0 Å². The monoisotopic (exact) mass is 449 g/mol. The summed E-state index contributed by atoms with van der Waals surface area (Å²) in [5.41, 5.74) is 2.03. The van der Waals surface area contributed by atoms with Crippen molar-refractivity contribution in [1.82, 2.24) is 4.90 Å². The third-order valence-corrected chi connectivity index (χ3v) is 5.93. The Kier molecular flexibility index (Phi) is 7.58. The first-order valence-corrected chi connectivity index (χ1v) is 10.7. The summed E-state index contributed by atoms with van der Waals surface area (Å²) < 4.78 is 5.11. The van der Waals surface area contributed by atoms with Crippen LogP contribution in [0.4, 0.5) is 11.4 Å². The van der Waals surface area contributed by atoms with E-state index in [0.717, 1.165) is 38.4 Å². The van der Waals surface area contributed by atoms with E-state index in [-0.39, 0.29) is 17.2 Å². The van der Waals surface area contributed by atoms with E-state index in [2.05, 4.69) is 22.0 Å². The predicted octanol–water partition coefficient (Wildman–Crippen LogP) is 4.56. The van der Waals surface area contributed by atoms with Crippen LogP contribution in [0, 0.1) is 0 Å². The molecule has 0 unspecified atom stereocenters. The number of benzene rings is 2. The molecule has 1 aliphatic rings. The number of nitrogens with one attached hydrogen (secondary N) is 1. The van der Waals surface area contributed by atoms with Crippen molar-refractivity contribution in [2.45, 2.75) is 13.8 Å². The molecular formula is C22H25Cl2N3O3. The number of anilines is 2. The maximum absolute atomic E-state index is 12.9. The van der Waals surface area contributed by atoms with Crippen LogP contribution in [0.1, 0.15) is 34.6 Å². The summed E-state index contributed by atoms with van der Waals surface area (Å²) in [5.74, 6) is -0.826. The van der Waals surface area contributed by atoms with Crippen LogP contribution in [0.5, 0.6) is 0 Å². The van der Waals surface area contributed by atoms with Crippen LogP contribution in [0.2, 0.25) is 10.0 Å². The summed E-state index contributed by atoms with van der Waals surface area (Å²) in [5, 5.41) is 3.41. The summed E-state index contributed by atoms with van der Waals surface area (Å²) in [6.07, 6.45) is 0. The maximum atomic E-state index is 12.9. The highest BCUT2D eigenvalue weighted by Gasteiger charge is 2.22. The van der Waals surface area contributed by atoms with Gasteiger partial charge in [-0.05, 0) is 43.8 Å². The minimum Gasteiger partial charge on any atom is -0.462 e. The Morgan fingerprint density at radius 3 is 2.47 bits per heavy atom. The van der Waals surface area contributed by atoms with E-state index in [1.807, 2.05) is 6.07 Å². The Bertz CT molecular complexity index is 928. The van der Waals surface area contributed by atoms with Gasteiger partial charge in [-0.2, -0.15) is 0 Å². The molecule has 2 aromatic rings.